The molecule has 7 heteroatoms. The molecule has 0 fully saturated rings. The maximum atomic E-state index is 12.6. The van der Waals surface area contributed by atoms with Crippen LogP contribution in [0.15, 0.2) is 34.7 Å². The Kier molecular flexibility index (Phi) is 6.62. The molecule has 0 aliphatic carbocycles. The van der Waals surface area contributed by atoms with Crippen molar-refractivity contribution in [2.45, 2.75) is 33.9 Å². The number of amides is 2. The van der Waals surface area contributed by atoms with E-state index >= 15 is 0 Å². The van der Waals surface area contributed by atoms with Crippen LogP contribution in [0.4, 0.5) is 0 Å². The molecular formula is C21H26N2O5. The van der Waals surface area contributed by atoms with Crippen LogP contribution in [-0.2, 0) is 17.9 Å². The third-order valence-corrected chi connectivity index (χ3v) is 4.43. The first-order valence-corrected chi connectivity index (χ1v) is 9.02. The minimum atomic E-state index is -1.06. The van der Waals surface area contributed by atoms with Crippen LogP contribution in [-0.4, -0.2) is 46.8 Å². The van der Waals surface area contributed by atoms with Gasteiger partial charge >= 0.3 is 5.97 Å². The summed E-state index contributed by atoms with van der Waals surface area (Å²) in [7, 11) is 3.38. The van der Waals surface area contributed by atoms with Gasteiger partial charge in [0.1, 0.15) is 17.1 Å². The van der Waals surface area contributed by atoms with E-state index in [1.807, 2.05) is 26.0 Å². The molecule has 0 atom stereocenters. The molecule has 0 spiro atoms. The van der Waals surface area contributed by atoms with E-state index in [1.54, 1.807) is 38.1 Å². The zero-order valence-corrected chi connectivity index (χ0v) is 16.9. The number of carboxylic acids is 1. The van der Waals surface area contributed by atoms with Crippen LogP contribution in [0.2, 0.25) is 0 Å². The van der Waals surface area contributed by atoms with E-state index < -0.39 is 5.97 Å². The first-order chi connectivity index (χ1) is 13.1. The monoisotopic (exact) mass is 386 g/mol. The maximum Gasteiger partial charge on any atom is 0.339 e. The molecule has 7 nitrogen and oxygen atoms in total. The first kappa shape index (κ1) is 21.2. The summed E-state index contributed by atoms with van der Waals surface area (Å²) < 4.78 is 5.42. The van der Waals surface area contributed by atoms with E-state index in [0.29, 0.717) is 23.6 Å². The highest BCUT2D eigenvalue weighted by Gasteiger charge is 2.18. The van der Waals surface area contributed by atoms with Crippen LogP contribution < -0.4 is 0 Å². The van der Waals surface area contributed by atoms with Gasteiger partial charge in [0, 0.05) is 32.1 Å². The highest BCUT2D eigenvalue weighted by atomic mass is 16.4. The molecule has 1 heterocycles. The van der Waals surface area contributed by atoms with Gasteiger partial charge < -0.3 is 19.3 Å². The fourth-order valence-corrected chi connectivity index (χ4v) is 2.91. The Labute approximate surface area is 164 Å². The lowest BCUT2D eigenvalue weighted by atomic mass is 10.1. The van der Waals surface area contributed by atoms with E-state index in [9.17, 15) is 14.4 Å². The Bertz CT molecular complexity index is 867. The number of hydrogen-bond donors (Lipinski definition) is 1. The summed E-state index contributed by atoms with van der Waals surface area (Å²) in [5.74, 6) is -0.535. The number of nitrogens with zero attached hydrogens (tertiary/aromatic N) is 2. The molecule has 2 rings (SSSR count). The highest BCUT2D eigenvalue weighted by Crippen LogP contribution is 2.17. The van der Waals surface area contributed by atoms with Crippen molar-refractivity contribution in [3.8, 4) is 0 Å². The average molecular weight is 386 g/mol. The fourth-order valence-electron chi connectivity index (χ4n) is 2.91. The molecule has 0 saturated heterocycles. The summed E-state index contributed by atoms with van der Waals surface area (Å²) in [5.41, 5.74) is 1.54. The highest BCUT2D eigenvalue weighted by molar-refractivity contribution is 5.94. The Hall–Kier alpha value is -3.09. The summed E-state index contributed by atoms with van der Waals surface area (Å²) in [6, 6.07) is 8.53. The maximum absolute atomic E-state index is 12.6. The predicted molar refractivity (Wildman–Crippen MR) is 104 cm³/mol. The number of aryl methyl sites for hydroxylation is 1. The average Bonchev–Trinajstić information content (AvgIpc) is 3.01. The largest absolute Gasteiger partial charge is 0.478 e. The van der Waals surface area contributed by atoms with E-state index in [2.05, 4.69) is 0 Å². The Morgan fingerprint density at radius 3 is 2.14 bits per heavy atom. The molecule has 0 radical (unpaired) electrons. The van der Waals surface area contributed by atoms with Crippen molar-refractivity contribution in [1.82, 2.24) is 9.80 Å². The molecule has 1 aromatic carbocycles. The number of carbonyl (C=O) groups is 3. The number of carbonyl (C=O) groups excluding carboxylic acids is 2. The van der Waals surface area contributed by atoms with Gasteiger partial charge in [-0.3, -0.25) is 9.59 Å². The smallest absolute Gasteiger partial charge is 0.339 e. The lowest BCUT2D eigenvalue weighted by Gasteiger charge is -2.20. The summed E-state index contributed by atoms with van der Waals surface area (Å²) in [6.45, 7) is 5.94. The SMILES string of the molecule is Cc1oc(CN(C)C(=O)c2ccc(CN(C)C(=O)C(C)C)cc2)cc1C(=O)O. The normalized spacial score (nSPS) is 10.8. The van der Waals surface area contributed by atoms with Gasteiger partial charge in [-0.1, -0.05) is 26.0 Å². The van der Waals surface area contributed by atoms with Crippen molar-refractivity contribution in [3.63, 3.8) is 0 Å². The molecule has 28 heavy (non-hydrogen) atoms. The molecule has 0 bridgehead atoms. The number of carboxylic acid groups (broad SMARTS) is 1. The van der Waals surface area contributed by atoms with Crippen molar-refractivity contribution >= 4 is 17.8 Å². The molecule has 0 saturated carbocycles. The predicted octanol–water partition coefficient (Wildman–Crippen LogP) is 3.17. The molecule has 2 aromatic rings. The number of furan rings is 1. The zero-order valence-electron chi connectivity index (χ0n) is 16.9. The second kappa shape index (κ2) is 8.73. The molecule has 1 aromatic heterocycles. The van der Waals surface area contributed by atoms with Gasteiger partial charge in [-0.05, 0) is 30.7 Å². The molecule has 1 N–H and O–H groups in total. The standard InChI is InChI=1S/C21H26N2O5/c1-13(2)19(24)22(4)11-15-6-8-16(9-7-15)20(25)23(5)12-17-10-18(21(26)27)14(3)28-17/h6-10,13H,11-12H2,1-5H3,(H,26,27). The van der Waals surface area contributed by atoms with Gasteiger partial charge in [0.05, 0.1) is 6.54 Å². The molecule has 0 aliphatic rings. The van der Waals surface area contributed by atoms with Crippen LogP contribution in [0.5, 0.6) is 0 Å². The van der Waals surface area contributed by atoms with Gasteiger partial charge in [0.15, 0.2) is 0 Å². The minimum absolute atomic E-state index is 0.0635. The third kappa shape index (κ3) is 5.00. The van der Waals surface area contributed by atoms with Crippen LogP contribution in [0.25, 0.3) is 0 Å². The minimum Gasteiger partial charge on any atom is -0.478 e. The Balaban J connectivity index is 2.02. The lowest BCUT2D eigenvalue weighted by molar-refractivity contribution is -0.133. The molecule has 150 valence electrons. The van der Waals surface area contributed by atoms with Crippen LogP contribution in [0, 0.1) is 12.8 Å². The summed E-state index contributed by atoms with van der Waals surface area (Å²) in [5, 5.41) is 9.09. The second-order valence-corrected chi connectivity index (χ2v) is 7.19. The fraction of sp³-hybridized carbons (Fsp3) is 0.381. The number of benzene rings is 1. The van der Waals surface area contributed by atoms with Crippen molar-refractivity contribution < 1.29 is 23.9 Å². The number of rotatable bonds is 7. The zero-order chi connectivity index (χ0) is 21.0. The number of aromatic carboxylic acids is 1. The van der Waals surface area contributed by atoms with Gasteiger partial charge in [-0.15, -0.1) is 0 Å². The van der Waals surface area contributed by atoms with Gasteiger partial charge in [-0.2, -0.15) is 0 Å². The second-order valence-electron chi connectivity index (χ2n) is 7.19. The third-order valence-electron chi connectivity index (χ3n) is 4.43. The molecule has 0 unspecified atom stereocenters. The van der Waals surface area contributed by atoms with Gasteiger partial charge in [0.25, 0.3) is 5.91 Å². The van der Waals surface area contributed by atoms with Gasteiger partial charge in [-0.25, -0.2) is 4.79 Å². The van der Waals surface area contributed by atoms with Gasteiger partial charge in [0.2, 0.25) is 5.91 Å². The summed E-state index contributed by atoms with van der Waals surface area (Å²) in [4.78, 5) is 38.8. The van der Waals surface area contributed by atoms with Crippen molar-refractivity contribution in [1.29, 1.82) is 0 Å². The number of hydrogen-bond acceptors (Lipinski definition) is 4. The Morgan fingerprint density at radius 2 is 1.64 bits per heavy atom. The van der Waals surface area contributed by atoms with Crippen molar-refractivity contribution in [3.05, 3.63) is 58.5 Å². The van der Waals surface area contributed by atoms with Crippen LogP contribution in [0.1, 0.15) is 51.6 Å². The summed E-state index contributed by atoms with van der Waals surface area (Å²) >= 11 is 0. The van der Waals surface area contributed by atoms with E-state index in [1.165, 1.54) is 11.0 Å². The molecular weight excluding hydrogens is 360 g/mol. The lowest BCUT2D eigenvalue weighted by Crippen LogP contribution is -2.30. The van der Waals surface area contributed by atoms with E-state index in [4.69, 9.17) is 9.52 Å². The topological polar surface area (TPSA) is 91.1 Å². The molecule has 0 aliphatic heterocycles. The quantitative estimate of drug-likeness (QED) is 0.789. The van der Waals surface area contributed by atoms with Crippen LogP contribution in [0.3, 0.4) is 0 Å². The summed E-state index contributed by atoms with van der Waals surface area (Å²) in [6.07, 6.45) is 0. The molecule has 2 amide bonds. The first-order valence-electron chi connectivity index (χ1n) is 9.02. The van der Waals surface area contributed by atoms with E-state index in [-0.39, 0.29) is 29.8 Å². The Morgan fingerprint density at radius 1 is 1.04 bits per heavy atom. The van der Waals surface area contributed by atoms with Crippen molar-refractivity contribution in [2.75, 3.05) is 14.1 Å². The van der Waals surface area contributed by atoms with E-state index in [0.717, 1.165) is 5.56 Å². The van der Waals surface area contributed by atoms with Crippen molar-refractivity contribution in [2.24, 2.45) is 5.92 Å². The van der Waals surface area contributed by atoms with Crippen LogP contribution >= 0.6 is 0 Å².